The fraction of sp³-hybridized carbons (Fsp3) is 0.259. The Morgan fingerprint density at radius 1 is 1.11 bits per heavy atom. The van der Waals surface area contributed by atoms with Crippen LogP contribution in [0.15, 0.2) is 60.7 Å². The lowest BCUT2D eigenvalue weighted by atomic mass is 9.94. The number of carboxylic acids is 1. The van der Waals surface area contributed by atoms with Crippen molar-refractivity contribution < 1.29 is 37.3 Å². The van der Waals surface area contributed by atoms with Crippen molar-refractivity contribution in [2.45, 2.75) is 37.7 Å². The van der Waals surface area contributed by atoms with Crippen molar-refractivity contribution in [3.8, 4) is 16.9 Å². The van der Waals surface area contributed by atoms with E-state index >= 15 is 0 Å². The number of aliphatic carboxylic acids is 1. The molecule has 0 saturated carbocycles. The molecule has 1 N–H and O–H groups in total. The number of hydrogen-bond donors (Lipinski definition) is 1. The molecule has 186 valence electrons. The van der Waals surface area contributed by atoms with Crippen molar-refractivity contribution in [2.75, 3.05) is 7.11 Å². The van der Waals surface area contributed by atoms with Crippen molar-refractivity contribution in [3.05, 3.63) is 88.5 Å². The molecule has 1 saturated heterocycles. The molecular formula is C27H22F3NO5. The Kier molecular flexibility index (Phi) is 5.86. The van der Waals surface area contributed by atoms with E-state index in [0.29, 0.717) is 28.9 Å². The number of alkyl halides is 3. The lowest BCUT2D eigenvalue weighted by molar-refractivity contribution is -0.138. The minimum atomic E-state index is -4.59. The predicted octanol–water partition coefficient (Wildman–Crippen LogP) is 5.63. The molecule has 36 heavy (non-hydrogen) atoms. The summed E-state index contributed by atoms with van der Waals surface area (Å²) in [6.07, 6.45) is -5.29. The standard InChI is InChI=1S/C27H22F3NO5/c1-35-22-9-6-15(11-24(32)33)10-21(22)19-8-7-18(27(28,29)30)12-17(19)14-31-25-20-5-3-2-4-16(20)13-23(25)36-26(31)34/h2-10,12,23,25H,11,13-14H2,1H3,(H,32,33)/t23-,25+/m1/s1. The fourth-order valence-electron chi connectivity index (χ4n) is 5.08. The third kappa shape index (κ3) is 4.25. The van der Waals surface area contributed by atoms with E-state index in [-0.39, 0.29) is 18.5 Å². The zero-order valence-electron chi connectivity index (χ0n) is 19.2. The minimum absolute atomic E-state index is 0.125. The molecule has 1 heterocycles. The lowest BCUT2D eigenvalue weighted by Crippen LogP contribution is -2.28. The summed E-state index contributed by atoms with van der Waals surface area (Å²) in [5, 5.41) is 9.21. The predicted molar refractivity (Wildman–Crippen MR) is 123 cm³/mol. The molecule has 1 aliphatic heterocycles. The number of rotatable bonds is 6. The smallest absolute Gasteiger partial charge is 0.416 e. The van der Waals surface area contributed by atoms with Crippen molar-refractivity contribution in [3.63, 3.8) is 0 Å². The Bertz CT molecular complexity index is 1350. The summed E-state index contributed by atoms with van der Waals surface area (Å²) in [7, 11) is 1.43. The minimum Gasteiger partial charge on any atom is -0.496 e. The Hall–Kier alpha value is -4.01. The van der Waals surface area contributed by atoms with Crippen LogP contribution in [0, 0.1) is 0 Å². The summed E-state index contributed by atoms with van der Waals surface area (Å²) in [6, 6.07) is 15.3. The van der Waals surface area contributed by atoms with E-state index in [1.54, 1.807) is 18.2 Å². The average Bonchev–Trinajstić information content (AvgIpc) is 3.33. The molecule has 0 bridgehead atoms. The number of carbonyl (C=O) groups excluding carboxylic acids is 1. The molecule has 2 atom stereocenters. The Morgan fingerprint density at radius 3 is 2.61 bits per heavy atom. The van der Waals surface area contributed by atoms with E-state index in [4.69, 9.17) is 9.47 Å². The highest BCUT2D eigenvalue weighted by atomic mass is 19.4. The normalized spacial score (nSPS) is 18.6. The third-order valence-electron chi connectivity index (χ3n) is 6.65. The van der Waals surface area contributed by atoms with Crippen molar-refractivity contribution in [1.29, 1.82) is 0 Å². The van der Waals surface area contributed by atoms with Gasteiger partial charge >= 0.3 is 18.2 Å². The van der Waals surface area contributed by atoms with Crippen molar-refractivity contribution in [2.24, 2.45) is 0 Å². The maximum Gasteiger partial charge on any atom is 0.416 e. The number of ether oxygens (including phenoxy) is 2. The van der Waals surface area contributed by atoms with Gasteiger partial charge in [0.25, 0.3) is 0 Å². The Labute approximate surface area is 204 Å². The molecule has 5 rings (SSSR count). The number of benzene rings is 3. The quantitative estimate of drug-likeness (QED) is 0.478. The third-order valence-corrected chi connectivity index (χ3v) is 6.65. The second-order valence-electron chi connectivity index (χ2n) is 8.87. The maximum atomic E-state index is 13.7. The lowest BCUT2D eigenvalue weighted by Gasteiger charge is -2.24. The van der Waals surface area contributed by atoms with E-state index in [0.717, 1.165) is 23.3 Å². The van der Waals surface area contributed by atoms with Crippen LogP contribution in [0.5, 0.6) is 5.75 Å². The van der Waals surface area contributed by atoms with Crippen LogP contribution < -0.4 is 4.74 Å². The van der Waals surface area contributed by atoms with E-state index in [1.807, 2.05) is 24.3 Å². The largest absolute Gasteiger partial charge is 0.496 e. The molecule has 0 aromatic heterocycles. The zero-order valence-corrected chi connectivity index (χ0v) is 19.2. The van der Waals surface area contributed by atoms with E-state index in [2.05, 4.69) is 0 Å². The first-order valence-electron chi connectivity index (χ1n) is 11.3. The number of carboxylic acid groups (broad SMARTS) is 1. The summed E-state index contributed by atoms with van der Waals surface area (Å²) in [4.78, 5) is 25.5. The molecule has 0 spiro atoms. The number of halogens is 3. The molecule has 2 aliphatic rings. The van der Waals surface area contributed by atoms with Gasteiger partial charge in [-0.05, 0) is 52.1 Å². The highest BCUT2D eigenvalue weighted by molar-refractivity contribution is 5.78. The molecule has 3 aromatic carbocycles. The number of carbonyl (C=O) groups is 2. The number of fused-ring (bicyclic) bond motifs is 3. The van der Waals surface area contributed by atoms with Gasteiger partial charge in [-0.15, -0.1) is 0 Å². The highest BCUT2D eigenvalue weighted by Gasteiger charge is 2.47. The summed E-state index contributed by atoms with van der Waals surface area (Å²) in [5.41, 5.74) is 2.68. The van der Waals surface area contributed by atoms with Crippen LogP contribution >= 0.6 is 0 Å². The van der Waals surface area contributed by atoms with Gasteiger partial charge in [-0.1, -0.05) is 36.4 Å². The summed E-state index contributed by atoms with van der Waals surface area (Å²) < 4.78 is 52.0. The first-order chi connectivity index (χ1) is 17.2. The molecule has 3 aromatic rings. The monoisotopic (exact) mass is 497 g/mol. The van der Waals surface area contributed by atoms with Gasteiger partial charge in [0.1, 0.15) is 11.9 Å². The Morgan fingerprint density at radius 2 is 1.89 bits per heavy atom. The van der Waals surface area contributed by atoms with Crippen molar-refractivity contribution >= 4 is 12.1 Å². The molecule has 6 nitrogen and oxygen atoms in total. The van der Waals surface area contributed by atoms with Crippen LogP contribution in [-0.2, 0) is 35.1 Å². The number of amides is 1. The molecule has 1 amide bonds. The molecular weight excluding hydrogens is 475 g/mol. The Balaban J connectivity index is 1.61. The SMILES string of the molecule is COc1ccc(CC(=O)O)cc1-c1ccc(C(F)(F)F)cc1CN1C(=O)O[C@@H]2Cc3ccccc3[C@@H]21. The van der Waals surface area contributed by atoms with Gasteiger partial charge in [0.2, 0.25) is 0 Å². The molecule has 9 heteroatoms. The van der Waals surface area contributed by atoms with Crippen LogP contribution in [0.1, 0.15) is 33.9 Å². The summed E-state index contributed by atoms with van der Waals surface area (Å²) >= 11 is 0. The van der Waals surface area contributed by atoms with Crippen LogP contribution in [0.2, 0.25) is 0 Å². The van der Waals surface area contributed by atoms with Gasteiger partial charge in [0, 0.05) is 12.0 Å². The van der Waals surface area contributed by atoms with Gasteiger partial charge in [-0.25, -0.2) is 4.79 Å². The topological polar surface area (TPSA) is 76.1 Å². The van der Waals surface area contributed by atoms with Gasteiger partial charge in [-0.3, -0.25) is 9.69 Å². The van der Waals surface area contributed by atoms with Gasteiger partial charge in [-0.2, -0.15) is 13.2 Å². The summed E-state index contributed by atoms with van der Waals surface area (Å²) in [5.74, 6) is -0.664. The molecule has 1 fully saturated rings. The maximum absolute atomic E-state index is 13.7. The number of methoxy groups -OCH3 is 1. The van der Waals surface area contributed by atoms with Crippen LogP contribution in [-0.4, -0.2) is 35.3 Å². The second kappa shape index (κ2) is 8.89. The van der Waals surface area contributed by atoms with Crippen LogP contribution in [0.3, 0.4) is 0 Å². The van der Waals surface area contributed by atoms with E-state index < -0.39 is 35.9 Å². The van der Waals surface area contributed by atoms with Crippen LogP contribution in [0.25, 0.3) is 11.1 Å². The van der Waals surface area contributed by atoms with Gasteiger partial charge in [0.05, 0.1) is 31.7 Å². The van der Waals surface area contributed by atoms with Crippen LogP contribution in [0.4, 0.5) is 18.0 Å². The average molecular weight is 497 g/mol. The first-order valence-corrected chi connectivity index (χ1v) is 11.3. The van der Waals surface area contributed by atoms with E-state index in [9.17, 15) is 27.9 Å². The summed E-state index contributed by atoms with van der Waals surface area (Å²) in [6.45, 7) is -0.125. The molecule has 0 radical (unpaired) electrons. The fourth-order valence-corrected chi connectivity index (χ4v) is 5.08. The number of nitrogens with zero attached hydrogens (tertiary/aromatic N) is 1. The van der Waals surface area contributed by atoms with Gasteiger partial charge in [0.15, 0.2) is 0 Å². The van der Waals surface area contributed by atoms with Crippen molar-refractivity contribution in [1.82, 2.24) is 4.90 Å². The number of hydrogen-bond acceptors (Lipinski definition) is 4. The first kappa shape index (κ1) is 23.7. The van der Waals surface area contributed by atoms with E-state index in [1.165, 1.54) is 18.1 Å². The highest BCUT2D eigenvalue weighted by Crippen LogP contribution is 2.45. The molecule has 1 aliphatic carbocycles. The zero-order chi connectivity index (χ0) is 25.6. The van der Waals surface area contributed by atoms with Gasteiger partial charge < -0.3 is 14.6 Å². The second-order valence-corrected chi connectivity index (χ2v) is 8.87. The molecule has 0 unspecified atom stereocenters.